The van der Waals surface area contributed by atoms with Gasteiger partial charge in [-0.1, -0.05) is 24.3 Å². The summed E-state index contributed by atoms with van der Waals surface area (Å²) in [5.74, 6) is 0.0813. The number of nitriles is 1. The average Bonchev–Trinajstić information content (AvgIpc) is 3.01. The van der Waals surface area contributed by atoms with Crippen LogP contribution in [-0.4, -0.2) is 39.7 Å². The lowest BCUT2D eigenvalue weighted by atomic mass is 9.99. The number of nitrogens with one attached hydrogen (secondary N) is 1. The molecule has 1 aromatic carbocycles. The number of aromatic nitrogens is 2. The van der Waals surface area contributed by atoms with Gasteiger partial charge in [-0.05, 0) is 50.3 Å². The third kappa shape index (κ3) is 5.24. The fraction of sp³-hybridized carbons (Fsp3) is 0.522. The zero-order valence-corrected chi connectivity index (χ0v) is 17.7. The third-order valence-electron chi connectivity index (χ3n) is 5.95. The summed E-state index contributed by atoms with van der Waals surface area (Å²) in [4.78, 5) is 14.8. The molecule has 0 aliphatic carbocycles. The molecule has 1 aromatic heterocycles. The van der Waals surface area contributed by atoms with Crippen LogP contribution in [0.3, 0.4) is 0 Å². The normalized spacial score (nSPS) is 14.8. The van der Waals surface area contributed by atoms with E-state index in [0.29, 0.717) is 38.4 Å². The molecule has 1 N–H and O–H groups in total. The first kappa shape index (κ1) is 21.1. The first-order chi connectivity index (χ1) is 14.0. The van der Waals surface area contributed by atoms with E-state index in [-0.39, 0.29) is 5.91 Å². The molecule has 1 atom stereocenters. The highest BCUT2D eigenvalue weighted by Gasteiger charge is 2.21. The molecule has 0 saturated heterocycles. The lowest BCUT2D eigenvalue weighted by molar-refractivity contribution is -0.121. The Kier molecular flexibility index (Phi) is 7.05. The predicted molar refractivity (Wildman–Crippen MR) is 113 cm³/mol. The standard InChI is InChI=1S/C23H31N5O/c1-17(27-14-11-20-7-4-5-8-21(20)16-27)15-25-23(29)10-9-22-18(2)26-28(19(22)3)13-6-12-24/h4-5,7-8,17H,6,9-11,13-16H2,1-3H3,(H,25,29). The van der Waals surface area contributed by atoms with Crippen LogP contribution in [0.4, 0.5) is 0 Å². The van der Waals surface area contributed by atoms with Gasteiger partial charge in [-0.25, -0.2) is 0 Å². The monoisotopic (exact) mass is 393 g/mol. The number of aryl methyl sites for hydroxylation is 2. The first-order valence-electron chi connectivity index (χ1n) is 10.5. The van der Waals surface area contributed by atoms with Gasteiger partial charge in [0.2, 0.25) is 5.91 Å². The van der Waals surface area contributed by atoms with E-state index in [1.54, 1.807) is 0 Å². The van der Waals surface area contributed by atoms with E-state index in [1.807, 2.05) is 18.5 Å². The van der Waals surface area contributed by atoms with E-state index in [9.17, 15) is 4.79 Å². The van der Waals surface area contributed by atoms with Crippen LogP contribution in [-0.2, 0) is 30.7 Å². The lowest BCUT2D eigenvalue weighted by Gasteiger charge is -2.33. The predicted octanol–water partition coefficient (Wildman–Crippen LogP) is 2.91. The number of carbonyl (C=O) groups is 1. The molecule has 3 rings (SSSR count). The van der Waals surface area contributed by atoms with Gasteiger partial charge in [0.05, 0.1) is 24.7 Å². The van der Waals surface area contributed by atoms with E-state index in [4.69, 9.17) is 5.26 Å². The smallest absolute Gasteiger partial charge is 0.220 e. The van der Waals surface area contributed by atoms with Crippen molar-refractivity contribution in [3.63, 3.8) is 0 Å². The molecule has 6 nitrogen and oxygen atoms in total. The van der Waals surface area contributed by atoms with E-state index in [1.165, 1.54) is 11.1 Å². The Morgan fingerprint density at radius 2 is 2.07 bits per heavy atom. The van der Waals surface area contributed by atoms with Crippen molar-refractivity contribution in [2.24, 2.45) is 0 Å². The lowest BCUT2D eigenvalue weighted by Crippen LogP contribution is -2.44. The van der Waals surface area contributed by atoms with Crippen LogP contribution < -0.4 is 5.32 Å². The number of fused-ring (bicyclic) bond motifs is 1. The van der Waals surface area contributed by atoms with Crippen LogP contribution in [0.1, 0.15) is 47.8 Å². The molecule has 1 aliphatic rings. The minimum absolute atomic E-state index is 0.0813. The molecule has 0 bridgehead atoms. The van der Waals surface area contributed by atoms with Gasteiger partial charge in [-0.2, -0.15) is 10.4 Å². The summed E-state index contributed by atoms with van der Waals surface area (Å²) in [5.41, 5.74) is 5.98. The maximum atomic E-state index is 12.4. The van der Waals surface area contributed by atoms with E-state index < -0.39 is 0 Å². The van der Waals surface area contributed by atoms with Crippen molar-refractivity contribution < 1.29 is 4.79 Å². The van der Waals surface area contributed by atoms with Gasteiger partial charge >= 0.3 is 0 Å². The van der Waals surface area contributed by atoms with Crippen LogP contribution in [0.15, 0.2) is 24.3 Å². The molecule has 2 heterocycles. The highest BCUT2D eigenvalue weighted by molar-refractivity contribution is 5.76. The summed E-state index contributed by atoms with van der Waals surface area (Å²) in [6.07, 6.45) is 2.66. The molecule has 0 saturated carbocycles. The molecule has 1 amide bonds. The van der Waals surface area contributed by atoms with E-state index >= 15 is 0 Å². The number of hydrogen-bond acceptors (Lipinski definition) is 4. The number of nitrogens with zero attached hydrogens (tertiary/aromatic N) is 4. The van der Waals surface area contributed by atoms with Gasteiger partial charge < -0.3 is 5.32 Å². The zero-order valence-electron chi connectivity index (χ0n) is 17.7. The Labute approximate surface area is 173 Å². The molecule has 2 aromatic rings. The Balaban J connectivity index is 1.46. The number of amides is 1. The van der Waals surface area contributed by atoms with Gasteiger partial charge in [0.1, 0.15) is 0 Å². The van der Waals surface area contributed by atoms with Crippen molar-refractivity contribution in [1.29, 1.82) is 5.26 Å². The summed E-state index contributed by atoms with van der Waals surface area (Å²) in [5, 5.41) is 16.4. The molecular formula is C23H31N5O. The van der Waals surface area contributed by atoms with Crippen LogP contribution in [0.2, 0.25) is 0 Å². The van der Waals surface area contributed by atoms with Crippen molar-refractivity contribution in [2.45, 2.75) is 65.6 Å². The number of hydrogen-bond donors (Lipinski definition) is 1. The van der Waals surface area contributed by atoms with Gasteiger partial charge in [0, 0.05) is 37.8 Å². The summed E-state index contributed by atoms with van der Waals surface area (Å²) in [7, 11) is 0. The van der Waals surface area contributed by atoms with Gasteiger partial charge in [0.15, 0.2) is 0 Å². The summed E-state index contributed by atoms with van der Waals surface area (Å²) in [6.45, 7) is 9.43. The van der Waals surface area contributed by atoms with Crippen LogP contribution in [0.5, 0.6) is 0 Å². The molecule has 0 fully saturated rings. The topological polar surface area (TPSA) is 73.9 Å². The van der Waals surface area contributed by atoms with Crippen LogP contribution in [0, 0.1) is 25.2 Å². The van der Waals surface area contributed by atoms with Crippen molar-refractivity contribution in [2.75, 3.05) is 13.1 Å². The van der Waals surface area contributed by atoms with Crippen molar-refractivity contribution in [1.82, 2.24) is 20.0 Å². The van der Waals surface area contributed by atoms with Gasteiger partial charge in [-0.3, -0.25) is 14.4 Å². The largest absolute Gasteiger partial charge is 0.355 e. The molecule has 6 heteroatoms. The number of benzene rings is 1. The summed E-state index contributed by atoms with van der Waals surface area (Å²) in [6, 6.07) is 11.1. The second-order valence-electron chi connectivity index (χ2n) is 7.92. The minimum Gasteiger partial charge on any atom is -0.355 e. The maximum absolute atomic E-state index is 12.4. The number of rotatable bonds is 8. The highest BCUT2D eigenvalue weighted by Crippen LogP contribution is 2.20. The van der Waals surface area contributed by atoms with Crippen molar-refractivity contribution in [3.8, 4) is 6.07 Å². The SMILES string of the molecule is Cc1nn(CCC#N)c(C)c1CCC(=O)NCC(C)N1CCc2ccccc2C1. The Morgan fingerprint density at radius 1 is 1.31 bits per heavy atom. The maximum Gasteiger partial charge on any atom is 0.220 e. The van der Waals surface area contributed by atoms with Gasteiger partial charge in [0.25, 0.3) is 0 Å². The van der Waals surface area contributed by atoms with Crippen molar-refractivity contribution in [3.05, 3.63) is 52.3 Å². The second kappa shape index (κ2) is 9.71. The first-order valence-corrected chi connectivity index (χ1v) is 10.5. The highest BCUT2D eigenvalue weighted by atomic mass is 16.1. The second-order valence-corrected chi connectivity index (χ2v) is 7.92. The number of carbonyl (C=O) groups excluding carboxylic acids is 1. The quantitative estimate of drug-likeness (QED) is 0.748. The molecule has 1 aliphatic heterocycles. The molecule has 1 unspecified atom stereocenters. The molecular weight excluding hydrogens is 362 g/mol. The summed E-state index contributed by atoms with van der Waals surface area (Å²) < 4.78 is 1.88. The fourth-order valence-electron chi connectivity index (χ4n) is 4.08. The van der Waals surface area contributed by atoms with Crippen LogP contribution in [0.25, 0.3) is 0 Å². The molecule has 154 valence electrons. The third-order valence-corrected chi connectivity index (χ3v) is 5.95. The molecule has 29 heavy (non-hydrogen) atoms. The van der Waals surface area contributed by atoms with Crippen molar-refractivity contribution >= 4 is 5.91 Å². The fourth-order valence-corrected chi connectivity index (χ4v) is 4.08. The summed E-state index contributed by atoms with van der Waals surface area (Å²) >= 11 is 0. The minimum atomic E-state index is 0.0813. The van der Waals surface area contributed by atoms with E-state index in [0.717, 1.165) is 36.5 Å². The van der Waals surface area contributed by atoms with E-state index in [2.05, 4.69) is 52.6 Å². The molecule has 0 spiro atoms. The Hall–Kier alpha value is -2.65. The van der Waals surface area contributed by atoms with Gasteiger partial charge in [-0.15, -0.1) is 0 Å². The zero-order chi connectivity index (χ0) is 20.8. The average molecular weight is 394 g/mol. The van der Waals surface area contributed by atoms with Crippen LogP contribution >= 0.6 is 0 Å². The molecule has 0 radical (unpaired) electrons. The Bertz CT molecular complexity index is 895. The Morgan fingerprint density at radius 3 is 2.83 bits per heavy atom.